The minimum absolute atomic E-state index is 0.501. The summed E-state index contributed by atoms with van der Waals surface area (Å²) in [6.45, 7) is 6.57. The zero-order valence-corrected chi connectivity index (χ0v) is 10.3. The SMILES string of the molecule is CC(C)CNc1cc(NC(C)C(=O)O)ncn1. The highest BCUT2D eigenvalue weighted by atomic mass is 16.4. The van der Waals surface area contributed by atoms with Gasteiger partial charge in [-0.15, -0.1) is 0 Å². The van der Waals surface area contributed by atoms with Gasteiger partial charge >= 0.3 is 5.97 Å². The normalized spacial score (nSPS) is 12.2. The lowest BCUT2D eigenvalue weighted by atomic mass is 10.2. The van der Waals surface area contributed by atoms with E-state index in [1.165, 1.54) is 6.33 Å². The molecule has 3 N–H and O–H groups in total. The standard InChI is InChI=1S/C11H18N4O2/c1-7(2)5-12-9-4-10(14-6-13-9)15-8(3)11(16)17/h4,6-8H,5H2,1-3H3,(H,16,17)(H2,12,13,14,15). The summed E-state index contributed by atoms with van der Waals surface area (Å²) in [7, 11) is 0. The molecule has 17 heavy (non-hydrogen) atoms. The first-order chi connectivity index (χ1) is 7.99. The van der Waals surface area contributed by atoms with Crippen molar-refractivity contribution in [2.75, 3.05) is 17.2 Å². The van der Waals surface area contributed by atoms with Crippen molar-refractivity contribution in [1.82, 2.24) is 9.97 Å². The Balaban J connectivity index is 2.62. The monoisotopic (exact) mass is 238 g/mol. The molecular weight excluding hydrogens is 220 g/mol. The average Bonchev–Trinajstić information content (AvgIpc) is 2.26. The number of nitrogens with zero attached hydrogens (tertiary/aromatic N) is 2. The molecule has 1 atom stereocenters. The molecule has 1 aromatic rings. The molecule has 0 saturated carbocycles. The third-order valence-electron chi connectivity index (χ3n) is 2.09. The van der Waals surface area contributed by atoms with Gasteiger partial charge in [0, 0.05) is 12.6 Å². The van der Waals surface area contributed by atoms with E-state index < -0.39 is 12.0 Å². The van der Waals surface area contributed by atoms with Gasteiger partial charge in [-0.2, -0.15) is 0 Å². The fourth-order valence-corrected chi connectivity index (χ4v) is 1.13. The lowest BCUT2D eigenvalue weighted by molar-refractivity contribution is -0.137. The van der Waals surface area contributed by atoms with E-state index >= 15 is 0 Å². The summed E-state index contributed by atoms with van der Waals surface area (Å²) < 4.78 is 0. The van der Waals surface area contributed by atoms with Crippen LogP contribution < -0.4 is 10.6 Å². The van der Waals surface area contributed by atoms with E-state index in [9.17, 15) is 4.79 Å². The first-order valence-corrected chi connectivity index (χ1v) is 5.54. The molecule has 0 aliphatic carbocycles. The van der Waals surface area contributed by atoms with E-state index in [4.69, 9.17) is 5.11 Å². The number of anilines is 2. The second-order valence-electron chi connectivity index (χ2n) is 4.27. The Hall–Kier alpha value is -1.85. The van der Waals surface area contributed by atoms with Gasteiger partial charge in [0.1, 0.15) is 24.0 Å². The number of aromatic nitrogens is 2. The fraction of sp³-hybridized carbons (Fsp3) is 0.545. The second-order valence-corrected chi connectivity index (χ2v) is 4.27. The largest absolute Gasteiger partial charge is 0.480 e. The number of carboxylic acids is 1. The number of rotatable bonds is 6. The van der Waals surface area contributed by atoms with Gasteiger partial charge in [0.15, 0.2) is 0 Å². The highest BCUT2D eigenvalue weighted by Crippen LogP contribution is 2.10. The summed E-state index contributed by atoms with van der Waals surface area (Å²) in [6.07, 6.45) is 1.40. The van der Waals surface area contributed by atoms with Crippen molar-refractivity contribution in [2.24, 2.45) is 5.92 Å². The van der Waals surface area contributed by atoms with Crippen LogP contribution in [-0.4, -0.2) is 33.6 Å². The van der Waals surface area contributed by atoms with Gasteiger partial charge < -0.3 is 15.7 Å². The molecule has 94 valence electrons. The summed E-state index contributed by atoms with van der Waals surface area (Å²) in [5, 5.41) is 14.7. The van der Waals surface area contributed by atoms with Gasteiger partial charge in [0.2, 0.25) is 0 Å². The Morgan fingerprint density at radius 2 is 2.00 bits per heavy atom. The van der Waals surface area contributed by atoms with Gasteiger partial charge in [-0.05, 0) is 12.8 Å². The fourth-order valence-electron chi connectivity index (χ4n) is 1.13. The summed E-state index contributed by atoms with van der Waals surface area (Å²) in [5.41, 5.74) is 0. The van der Waals surface area contributed by atoms with E-state index in [2.05, 4.69) is 34.4 Å². The highest BCUT2D eigenvalue weighted by Gasteiger charge is 2.11. The molecule has 0 aliphatic rings. The average molecular weight is 238 g/mol. The Morgan fingerprint density at radius 1 is 1.35 bits per heavy atom. The minimum Gasteiger partial charge on any atom is -0.480 e. The van der Waals surface area contributed by atoms with Gasteiger partial charge in [-0.3, -0.25) is 4.79 Å². The molecule has 1 heterocycles. The predicted molar refractivity (Wildman–Crippen MR) is 66.1 cm³/mol. The highest BCUT2D eigenvalue weighted by molar-refractivity contribution is 5.76. The zero-order valence-electron chi connectivity index (χ0n) is 10.3. The van der Waals surface area contributed by atoms with Crippen LogP contribution in [-0.2, 0) is 4.79 Å². The van der Waals surface area contributed by atoms with E-state index in [0.29, 0.717) is 17.6 Å². The van der Waals surface area contributed by atoms with Crippen LogP contribution in [0.15, 0.2) is 12.4 Å². The molecule has 0 spiro atoms. The molecule has 0 bridgehead atoms. The second kappa shape index (κ2) is 6.03. The van der Waals surface area contributed by atoms with E-state index in [0.717, 1.165) is 6.54 Å². The molecule has 1 unspecified atom stereocenters. The maximum atomic E-state index is 10.7. The summed E-state index contributed by atoms with van der Waals surface area (Å²) in [5.74, 6) is 0.787. The van der Waals surface area contributed by atoms with Crippen molar-refractivity contribution >= 4 is 17.6 Å². The molecule has 1 rings (SSSR count). The van der Waals surface area contributed by atoms with Gasteiger partial charge in [0.05, 0.1) is 0 Å². The molecule has 6 heteroatoms. The van der Waals surface area contributed by atoms with E-state index in [-0.39, 0.29) is 0 Å². The Kier molecular flexibility index (Phi) is 4.68. The summed E-state index contributed by atoms with van der Waals surface area (Å²) in [6, 6.07) is 1.02. The lowest BCUT2D eigenvalue weighted by Crippen LogP contribution is -2.26. The molecule has 0 radical (unpaired) electrons. The Morgan fingerprint density at radius 3 is 2.59 bits per heavy atom. The van der Waals surface area contributed by atoms with Crippen LogP contribution in [0, 0.1) is 5.92 Å². The number of aliphatic carboxylic acids is 1. The number of hydrogen-bond acceptors (Lipinski definition) is 5. The predicted octanol–water partition coefficient (Wildman–Crippen LogP) is 1.43. The quantitative estimate of drug-likeness (QED) is 0.695. The number of nitrogens with one attached hydrogen (secondary N) is 2. The van der Waals surface area contributed by atoms with Crippen molar-refractivity contribution < 1.29 is 9.90 Å². The maximum Gasteiger partial charge on any atom is 0.325 e. The molecule has 0 aromatic carbocycles. The van der Waals surface area contributed by atoms with Crippen molar-refractivity contribution in [3.05, 3.63) is 12.4 Å². The molecule has 6 nitrogen and oxygen atoms in total. The van der Waals surface area contributed by atoms with Gasteiger partial charge in [-0.25, -0.2) is 9.97 Å². The molecule has 0 amide bonds. The third kappa shape index (κ3) is 4.67. The van der Waals surface area contributed by atoms with Crippen LogP contribution in [0.25, 0.3) is 0 Å². The zero-order chi connectivity index (χ0) is 12.8. The minimum atomic E-state index is -0.916. The Bertz CT molecular complexity index is 381. The van der Waals surface area contributed by atoms with Crippen LogP contribution in [0.4, 0.5) is 11.6 Å². The van der Waals surface area contributed by atoms with Crippen molar-refractivity contribution in [3.63, 3.8) is 0 Å². The first-order valence-electron chi connectivity index (χ1n) is 5.54. The van der Waals surface area contributed by atoms with Gasteiger partial charge in [-0.1, -0.05) is 13.8 Å². The van der Waals surface area contributed by atoms with Crippen LogP contribution in [0.3, 0.4) is 0 Å². The number of carbonyl (C=O) groups is 1. The van der Waals surface area contributed by atoms with E-state index in [1.807, 2.05) is 0 Å². The molecule has 0 aliphatic heterocycles. The van der Waals surface area contributed by atoms with Crippen molar-refractivity contribution in [1.29, 1.82) is 0 Å². The maximum absolute atomic E-state index is 10.7. The topological polar surface area (TPSA) is 87.1 Å². The molecule has 0 saturated heterocycles. The first kappa shape index (κ1) is 13.2. The molecule has 0 fully saturated rings. The third-order valence-corrected chi connectivity index (χ3v) is 2.09. The van der Waals surface area contributed by atoms with Crippen molar-refractivity contribution in [3.8, 4) is 0 Å². The smallest absolute Gasteiger partial charge is 0.325 e. The van der Waals surface area contributed by atoms with Crippen molar-refractivity contribution in [2.45, 2.75) is 26.8 Å². The van der Waals surface area contributed by atoms with Crippen LogP contribution in [0.2, 0.25) is 0 Å². The number of carboxylic acid groups (broad SMARTS) is 1. The molecular formula is C11H18N4O2. The summed E-state index contributed by atoms with van der Waals surface area (Å²) in [4.78, 5) is 18.7. The van der Waals surface area contributed by atoms with E-state index in [1.54, 1.807) is 13.0 Å². The number of hydrogen-bond donors (Lipinski definition) is 3. The Labute approximate surface area is 100 Å². The van der Waals surface area contributed by atoms with Crippen LogP contribution in [0.5, 0.6) is 0 Å². The summed E-state index contributed by atoms with van der Waals surface area (Å²) >= 11 is 0. The lowest BCUT2D eigenvalue weighted by Gasteiger charge is -2.12. The molecule has 1 aromatic heterocycles. The van der Waals surface area contributed by atoms with Crippen LogP contribution >= 0.6 is 0 Å². The van der Waals surface area contributed by atoms with Gasteiger partial charge in [0.25, 0.3) is 0 Å². The van der Waals surface area contributed by atoms with Crippen LogP contribution in [0.1, 0.15) is 20.8 Å².